The monoisotopic (exact) mass is 316 g/mol. The van der Waals surface area contributed by atoms with E-state index in [1.807, 2.05) is 0 Å². The molecular formula is C13H6BrFN4. The number of imidazole rings is 1. The van der Waals surface area contributed by atoms with E-state index in [1.165, 1.54) is 17.1 Å². The molecule has 0 unspecified atom stereocenters. The van der Waals surface area contributed by atoms with Gasteiger partial charge in [-0.3, -0.25) is 4.57 Å². The second kappa shape index (κ2) is 4.44. The van der Waals surface area contributed by atoms with Gasteiger partial charge in [-0.05, 0) is 40.2 Å². The molecule has 0 saturated carbocycles. The minimum absolute atomic E-state index is 0.337. The first kappa shape index (κ1) is 11.8. The van der Waals surface area contributed by atoms with Gasteiger partial charge in [0.1, 0.15) is 17.7 Å². The molecule has 92 valence electrons. The normalized spacial score (nSPS) is 10.6. The van der Waals surface area contributed by atoms with Crippen molar-refractivity contribution < 1.29 is 4.39 Å². The summed E-state index contributed by atoms with van der Waals surface area (Å²) in [7, 11) is 0. The third-order valence-corrected chi connectivity index (χ3v) is 3.32. The quantitative estimate of drug-likeness (QED) is 0.639. The van der Waals surface area contributed by atoms with E-state index in [9.17, 15) is 4.39 Å². The number of pyridine rings is 1. The fourth-order valence-electron chi connectivity index (χ4n) is 1.82. The molecule has 1 aromatic carbocycles. The molecule has 6 heteroatoms. The predicted molar refractivity (Wildman–Crippen MR) is 72.8 cm³/mol. The van der Waals surface area contributed by atoms with Crippen LogP contribution in [0.15, 0.2) is 41.3 Å². The summed E-state index contributed by atoms with van der Waals surface area (Å²) in [5.74, 6) is 0.0676. The summed E-state index contributed by atoms with van der Waals surface area (Å²) in [4.78, 5) is 11.6. The number of aromatic nitrogens is 3. The molecule has 0 bridgehead atoms. The Morgan fingerprint density at radius 1 is 1.26 bits per heavy atom. The van der Waals surface area contributed by atoms with Crippen molar-refractivity contribution in [1.82, 2.24) is 14.5 Å². The Balaban J connectivity index is 2.31. The van der Waals surface area contributed by atoms with Gasteiger partial charge in [0, 0.05) is 6.20 Å². The highest BCUT2D eigenvalue weighted by Crippen LogP contribution is 2.26. The van der Waals surface area contributed by atoms with E-state index < -0.39 is 5.82 Å². The Morgan fingerprint density at radius 3 is 2.89 bits per heavy atom. The summed E-state index contributed by atoms with van der Waals surface area (Å²) in [5, 5.41) is 0. The molecule has 2 aromatic heterocycles. The molecular weight excluding hydrogens is 311 g/mol. The SMILES string of the molecule is [C-]#[N+]c1ccnc(-n2cnc3ccc(Br)c(F)c32)c1. The third-order valence-electron chi connectivity index (χ3n) is 2.71. The van der Waals surface area contributed by atoms with Crippen LogP contribution in [0.1, 0.15) is 0 Å². The summed E-state index contributed by atoms with van der Waals surface area (Å²) in [5.41, 5.74) is 1.32. The topological polar surface area (TPSA) is 35.1 Å². The molecule has 0 atom stereocenters. The van der Waals surface area contributed by atoms with Gasteiger partial charge in [-0.15, -0.1) is 0 Å². The molecule has 0 aliphatic carbocycles. The van der Waals surface area contributed by atoms with Crippen molar-refractivity contribution in [3.63, 3.8) is 0 Å². The smallest absolute Gasteiger partial charge is 0.192 e. The third kappa shape index (κ3) is 1.88. The molecule has 19 heavy (non-hydrogen) atoms. The molecule has 2 heterocycles. The van der Waals surface area contributed by atoms with Crippen LogP contribution >= 0.6 is 15.9 Å². The predicted octanol–water partition coefficient (Wildman–Crippen LogP) is 3.87. The van der Waals surface area contributed by atoms with Crippen LogP contribution in [0.2, 0.25) is 0 Å². The zero-order valence-electron chi connectivity index (χ0n) is 9.51. The number of benzene rings is 1. The Labute approximate surface area is 116 Å². The summed E-state index contributed by atoms with van der Waals surface area (Å²) in [6, 6.07) is 6.52. The van der Waals surface area contributed by atoms with Crippen LogP contribution in [0.25, 0.3) is 21.7 Å². The number of hydrogen-bond acceptors (Lipinski definition) is 2. The number of rotatable bonds is 1. The van der Waals surface area contributed by atoms with E-state index in [4.69, 9.17) is 6.57 Å². The zero-order valence-corrected chi connectivity index (χ0v) is 11.1. The number of hydrogen-bond donors (Lipinski definition) is 0. The van der Waals surface area contributed by atoms with Gasteiger partial charge in [-0.2, -0.15) is 0 Å². The highest BCUT2D eigenvalue weighted by molar-refractivity contribution is 9.10. The Kier molecular flexibility index (Phi) is 2.76. The molecule has 0 spiro atoms. The lowest BCUT2D eigenvalue weighted by molar-refractivity contribution is 0.628. The van der Waals surface area contributed by atoms with Crippen molar-refractivity contribution in [3.8, 4) is 5.82 Å². The molecule has 0 radical (unpaired) electrons. The molecule has 0 saturated heterocycles. The molecule has 3 aromatic rings. The number of nitrogens with zero attached hydrogens (tertiary/aromatic N) is 4. The van der Waals surface area contributed by atoms with E-state index in [2.05, 4.69) is 30.7 Å². The van der Waals surface area contributed by atoms with Gasteiger partial charge in [0.25, 0.3) is 0 Å². The molecule has 0 fully saturated rings. The van der Waals surface area contributed by atoms with Gasteiger partial charge in [0.05, 0.1) is 16.6 Å². The lowest BCUT2D eigenvalue weighted by atomic mass is 10.3. The largest absolute Gasteiger partial charge is 0.281 e. The van der Waals surface area contributed by atoms with Gasteiger partial charge >= 0.3 is 0 Å². The van der Waals surface area contributed by atoms with Gasteiger partial charge in [0.2, 0.25) is 0 Å². The van der Waals surface area contributed by atoms with Gasteiger partial charge in [-0.1, -0.05) is 0 Å². The van der Waals surface area contributed by atoms with Crippen LogP contribution in [0.5, 0.6) is 0 Å². The first-order chi connectivity index (χ1) is 9.20. The molecule has 0 aliphatic heterocycles. The summed E-state index contributed by atoms with van der Waals surface area (Å²) in [6.45, 7) is 7.00. The van der Waals surface area contributed by atoms with Gasteiger partial charge < -0.3 is 0 Å². The fourth-order valence-corrected chi connectivity index (χ4v) is 2.14. The maximum absolute atomic E-state index is 14.2. The lowest BCUT2D eigenvalue weighted by Gasteiger charge is -2.05. The standard InChI is InChI=1S/C13H6BrFN4/c1-16-8-4-5-17-11(6-8)19-7-18-10-3-2-9(14)12(15)13(10)19/h2-7H. The van der Waals surface area contributed by atoms with E-state index in [1.54, 1.807) is 24.3 Å². The van der Waals surface area contributed by atoms with Crippen molar-refractivity contribution in [3.05, 3.63) is 58.5 Å². The Hall–Kier alpha value is -2.26. The van der Waals surface area contributed by atoms with E-state index in [-0.39, 0.29) is 0 Å². The average Bonchev–Trinajstić information content (AvgIpc) is 2.87. The molecule has 0 N–H and O–H groups in total. The van der Waals surface area contributed by atoms with Crippen LogP contribution in [-0.4, -0.2) is 14.5 Å². The highest BCUT2D eigenvalue weighted by Gasteiger charge is 2.13. The zero-order chi connectivity index (χ0) is 13.4. The van der Waals surface area contributed by atoms with Crippen molar-refractivity contribution in [2.24, 2.45) is 0 Å². The summed E-state index contributed by atoms with van der Waals surface area (Å²) in [6.07, 6.45) is 3.01. The highest BCUT2D eigenvalue weighted by atomic mass is 79.9. The van der Waals surface area contributed by atoms with Crippen LogP contribution < -0.4 is 0 Å². The Bertz CT molecular complexity index is 819. The molecule has 4 nitrogen and oxygen atoms in total. The first-order valence-corrected chi connectivity index (χ1v) is 6.15. The van der Waals surface area contributed by atoms with Crippen LogP contribution in [0, 0.1) is 12.4 Å². The maximum Gasteiger partial charge on any atom is 0.192 e. The van der Waals surface area contributed by atoms with Gasteiger partial charge in [0.15, 0.2) is 11.5 Å². The van der Waals surface area contributed by atoms with E-state index in [0.717, 1.165) is 0 Å². The lowest BCUT2D eigenvalue weighted by Crippen LogP contribution is -1.97. The maximum atomic E-state index is 14.2. The van der Waals surface area contributed by atoms with Crippen molar-refractivity contribution in [2.45, 2.75) is 0 Å². The van der Waals surface area contributed by atoms with Crippen LogP contribution in [-0.2, 0) is 0 Å². The second-order valence-electron chi connectivity index (χ2n) is 3.83. The van der Waals surface area contributed by atoms with Crippen LogP contribution in [0.3, 0.4) is 0 Å². The van der Waals surface area contributed by atoms with Crippen molar-refractivity contribution in [2.75, 3.05) is 0 Å². The first-order valence-electron chi connectivity index (χ1n) is 5.35. The van der Waals surface area contributed by atoms with E-state index in [0.29, 0.717) is 27.0 Å². The average molecular weight is 317 g/mol. The second-order valence-corrected chi connectivity index (χ2v) is 4.68. The summed E-state index contributed by atoms with van der Waals surface area (Å²) >= 11 is 3.15. The summed E-state index contributed by atoms with van der Waals surface area (Å²) < 4.78 is 16.1. The minimum Gasteiger partial charge on any atom is -0.281 e. The number of fused-ring (bicyclic) bond motifs is 1. The van der Waals surface area contributed by atoms with E-state index >= 15 is 0 Å². The van der Waals surface area contributed by atoms with Crippen molar-refractivity contribution in [1.29, 1.82) is 0 Å². The number of halogens is 2. The van der Waals surface area contributed by atoms with Crippen molar-refractivity contribution >= 4 is 32.7 Å². The molecule has 0 aliphatic rings. The van der Waals surface area contributed by atoms with Crippen LogP contribution in [0.4, 0.5) is 10.1 Å². The Morgan fingerprint density at radius 2 is 2.11 bits per heavy atom. The minimum atomic E-state index is -0.398. The molecule has 0 amide bonds. The molecule has 3 rings (SSSR count). The van der Waals surface area contributed by atoms with Gasteiger partial charge in [-0.25, -0.2) is 19.2 Å². The fraction of sp³-hybridized carbons (Fsp3) is 0.